The Morgan fingerprint density at radius 1 is 0.941 bits per heavy atom. The van der Waals surface area contributed by atoms with Crippen LogP contribution in [0.25, 0.3) is 11.3 Å². The molecule has 0 fully saturated rings. The molecule has 3 aromatic carbocycles. The summed E-state index contributed by atoms with van der Waals surface area (Å²) in [5.74, 6) is 0.840. The first-order valence-corrected chi connectivity index (χ1v) is 12.3. The van der Waals surface area contributed by atoms with Gasteiger partial charge in [0.2, 0.25) is 5.91 Å². The number of hydrogen-bond acceptors (Lipinski definition) is 5. The maximum Gasteiger partial charge on any atom is 0.262 e. The minimum absolute atomic E-state index is 0.104. The van der Waals surface area contributed by atoms with E-state index in [1.54, 1.807) is 43.5 Å². The SMILES string of the molecule is Cc1cccc(NS(=O)(=O)c2cc(NC(=O)CCc3ncc(-c4ccccc4)o3)ccc2C)c1. The monoisotopic (exact) mass is 475 g/mol. The summed E-state index contributed by atoms with van der Waals surface area (Å²) in [4.78, 5) is 16.8. The lowest BCUT2D eigenvalue weighted by Gasteiger charge is -2.13. The zero-order valence-corrected chi connectivity index (χ0v) is 19.7. The molecule has 0 aliphatic rings. The van der Waals surface area contributed by atoms with E-state index in [0.717, 1.165) is 11.1 Å². The molecule has 174 valence electrons. The van der Waals surface area contributed by atoms with Crippen molar-refractivity contribution in [3.8, 4) is 11.3 Å². The summed E-state index contributed by atoms with van der Waals surface area (Å²) in [5, 5.41) is 2.76. The Hall–Kier alpha value is -3.91. The van der Waals surface area contributed by atoms with Gasteiger partial charge < -0.3 is 9.73 Å². The summed E-state index contributed by atoms with van der Waals surface area (Å²) in [6, 6.07) is 21.5. The van der Waals surface area contributed by atoms with Crippen molar-refractivity contribution in [1.82, 2.24) is 4.98 Å². The van der Waals surface area contributed by atoms with E-state index in [1.165, 1.54) is 6.07 Å². The van der Waals surface area contributed by atoms with Gasteiger partial charge in [0.05, 0.1) is 11.1 Å². The third kappa shape index (κ3) is 5.71. The molecule has 0 aliphatic carbocycles. The summed E-state index contributed by atoms with van der Waals surface area (Å²) in [5.41, 5.74) is 3.32. The van der Waals surface area contributed by atoms with E-state index >= 15 is 0 Å². The first-order chi connectivity index (χ1) is 16.3. The second-order valence-corrected chi connectivity index (χ2v) is 9.64. The van der Waals surface area contributed by atoms with E-state index in [-0.39, 0.29) is 17.2 Å². The fourth-order valence-electron chi connectivity index (χ4n) is 3.49. The zero-order valence-electron chi connectivity index (χ0n) is 18.9. The first kappa shape index (κ1) is 23.3. The number of rotatable bonds is 8. The van der Waals surface area contributed by atoms with E-state index in [2.05, 4.69) is 15.0 Å². The summed E-state index contributed by atoms with van der Waals surface area (Å²) in [7, 11) is -3.82. The van der Waals surface area contributed by atoms with E-state index in [1.807, 2.05) is 43.3 Å². The number of oxazole rings is 1. The van der Waals surface area contributed by atoms with E-state index in [0.29, 0.717) is 35.0 Å². The second kappa shape index (κ2) is 9.93. The fraction of sp³-hybridized carbons (Fsp3) is 0.154. The molecule has 0 bridgehead atoms. The van der Waals surface area contributed by atoms with Gasteiger partial charge in [-0.1, -0.05) is 48.5 Å². The molecule has 4 aromatic rings. The molecule has 1 aromatic heterocycles. The normalized spacial score (nSPS) is 11.2. The molecule has 1 heterocycles. The van der Waals surface area contributed by atoms with Crippen molar-refractivity contribution in [2.45, 2.75) is 31.6 Å². The smallest absolute Gasteiger partial charge is 0.262 e. The lowest BCUT2D eigenvalue weighted by atomic mass is 10.2. The highest BCUT2D eigenvalue weighted by molar-refractivity contribution is 7.92. The van der Waals surface area contributed by atoms with Crippen molar-refractivity contribution in [1.29, 1.82) is 0 Å². The van der Waals surface area contributed by atoms with Gasteiger partial charge in [0, 0.05) is 29.8 Å². The molecule has 4 rings (SSSR count). The molecule has 8 heteroatoms. The molecule has 0 atom stereocenters. The van der Waals surface area contributed by atoms with Crippen molar-refractivity contribution in [3.05, 3.63) is 96.0 Å². The van der Waals surface area contributed by atoms with Crippen LogP contribution >= 0.6 is 0 Å². The highest BCUT2D eigenvalue weighted by Gasteiger charge is 2.18. The number of anilines is 2. The summed E-state index contributed by atoms with van der Waals surface area (Å²) < 4.78 is 34.2. The molecule has 0 saturated carbocycles. The molecule has 0 aliphatic heterocycles. The molecule has 0 unspecified atom stereocenters. The van der Waals surface area contributed by atoms with Crippen LogP contribution in [0.5, 0.6) is 0 Å². The number of amides is 1. The molecular weight excluding hydrogens is 450 g/mol. The van der Waals surface area contributed by atoms with Gasteiger partial charge in [-0.2, -0.15) is 0 Å². The summed E-state index contributed by atoms with van der Waals surface area (Å²) in [6.07, 6.45) is 2.11. The highest BCUT2D eigenvalue weighted by atomic mass is 32.2. The average Bonchev–Trinajstić information content (AvgIpc) is 3.28. The summed E-state index contributed by atoms with van der Waals surface area (Å²) >= 11 is 0. The maximum absolute atomic E-state index is 13.0. The molecule has 0 radical (unpaired) electrons. The van der Waals surface area contributed by atoms with Crippen molar-refractivity contribution in [2.24, 2.45) is 0 Å². The maximum atomic E-state index is 13.0. The van der Waals surface area contributed by atoms with Crippen LogP contribution in [0.1, 0.15) is 23.4 Å². The zero-order chi connectivity index (χ0) is 24.1. The lowest BCUT2D eigenvalue weighted by Crippen LogP contribution is -2.16. The number of nitrogens with one attached hydrogen (secondary N) is 2. The number of sulfonamides is 1. The number of aromatic nitrogens is 1. The van der Waals surface area contributed by atoms with Crippen molar-refractivity contribution in [3.63, 3.8) is 0 Å². The van der Waals surface area contributed by atoms with Crippen molar-refractivity contribution < 1.29 is 17.6 Å². The number of hydrogen-bond donors (Lipinski definition) is 2. The number of benzene rings is 3. The predicted molar refractivity (Wildman–Crippen MR) is 132 cm³/mol. The number of carbonyl (C=O) groups is 1. The Kier molecular flexibility index (Phi) is 6.79. The van der Waals surface area contributed by atoms with Crippen molar-refractivity contribution in [2.75, 3.05) is 10.0 Å². The highest BCUT2D eigenvalue weighted by Crippen LogP contribution is 2.24. The van der Waals surface area contributed by atoms with Crippen LogP contribution in [0.15, 0.2) is 88.3 Å². The standard InChI is InChI=1S/C26H25N3O4S/c1-18-7-6-10-22(15-18)29-34(31,32)24-16-21(12-11-19(24)2)28-25(30)13-14-26-27-17-23(33-26)20-8-4-3-5-9-20/h3-12,15-17,29H,13-14H2,1-2H3,(H,28,30). The van der Waals surface area contributed by atoms with Gasteiger partial charge in [-0.3, -0.25) is 9.52 Å². The van der Waals surface area contributed by atoms with Gasteiger partial charge in [-0.15, -0.1) is 0 Å². The quantitative estimate of drug-likeness (QED) is 0.359. The average molecular weight is 476 g/mol. The molecule has 1 amide bonds. The number of aryl methyl sites for hydroxylation is 3. The van der Waals surface area contributed by atoms with Gasteiger partial charge in [0.1, 0.15) is 0 Å². The molecule has 2 N–H and O–H groups in total. The third-order valence-corrected chi connectivity index (χ3v) is 6.73. The predicted octanol–water partition coefficient (Wildman–Crippen LogP) is 5.33. The van der Waals surface area contributed by atoms with E-state index in [9.17, 15) is 13.2 Å². The van der Waals surface area contributed by atoms with Crippen LogP contribution in [-0.2, 0) is 21.2 Å². The first-order valence-electron chi connectivity index (χ1n) is 10.8. The van der Waals surface area contributed by atoms with Crippen LogP contribution in [0, 0.1) is 13.8 Å². The summed E-state index contributed by atoms with van der Waals surface area (Å²) in [6.45, 7) is 3.60. The van der Waals surface area contributed by atoms with Gasteiger partial charge in [-0.05, 0) is 49.2 Å². The van der Waals surface area contributed by atoms with Crippen LogP contribution in [0.4, 0.5) is 11.4 Å². The number of nitrogens with zero attached hydrogens (tertiary/aromatic N) is 1. The fourth-order valence-corrected chi connectivity index (χ4v) is 4.81. The Balaban J connectivity index is 1.41. The van der Waals surface area contributed by atoms with Gasteiger partial charge >= 0.3 is 0 Å². The Morgan fingerprint density at radius 2 is 1.74 bits per heavy atom. The molecule has 0 spiro atoms. The van der Waals surface area contributed by atoms with Crippen LogP contribution < -0.4 is 10.0 Å². The van der Waals surface area contributed by atoms with E-state index < -0.39 is 10.0 Å². The van der Waals surface area contributed by atoms with E-state index in [4.69, 9.17) is 4.42 Å². The van der Waals surface area contributed by atoms with Crippen LogP contribution in [-0.4, -0.2) is 19.3 Å². The van der Waals surface area contributed by atoms with Crippen LogP contribution in [0.3, 0.4) is 0 Å². The third-order valence-electron chi connectivity index (χ3n) is 5.21. The Bertz CT molecular complexity index is 1410. The van der Waals surface area contributed by atoms with Gasteiger partial charge in [0.15, 0.2) is 11.7 Å². The minimum atomic E-state index is -3.82. The molecular formula is C26H25N3O4S. The molecule has 7 nitrogen and oxygen atoms in total. The van der Waals surface area contributed by atoms with Crippen molar-refractivity contribution >= 4 is 27.3 Å². The number of carbonyl (C=O) groups excluding carboxylic acids is 1. The van der Waals surface area contributed by atoms with Crippen LogP contribution in [0.2, 0.25) is 0 Å². The molecule has 34 heavy (non-hydrogen) atoms. The molecule has 0 saturated heterocycles. The topological polar surface area (TPSA) is 101 Å². The Labute approximate surface area is 198 Å². The second-order valence-electron chi connectivity index (χ2n) is 7.99. The largest absolute Gasteiger partial charge is 0.441 e. The lowest BCUT2D eigenvalue weighted by molar-refractivity contribution is -0.116. The van der Waals surface area contributed by atoms with Gasteiger partial charge in [0.25, 0.3) is 10.0 Å². The minimum Gasteiger partial charge on any atom is -0.441 e. The Morgan fingerprint density at radius 3 is 2.50 bits per heavy atom. The van der Waals surface area contributed by atoms with Gasteiger partial charge in [-0.25, -0.2) is 13.4 Å².